The summed E-state index contributed by atoms with van der Waals surface area (Å²) in [5.74, 6) is 1.32. The van der Waals surface area contributed by atoms with E-state index in [1.165, 1.54) is 16.7 Å². The number of carbonyl (C=O) groups excluding carboxylic acids is 1. The average Bonchev–Trinajstić information content (AvgIpc) is 2.97. The molecule has 1 N–H and O–H groups in total. The molecule has 0 radical (unpaired) electrons. The summed E-state index contributed by atoms with van der Waals surface area (Å²) in [6, 6.07) is 6.47. The van der Waals surface area contributed by atoms with Gasteiger partial charge in [-0.05, 0) is 37.8 Å². The van der Waals surface area contributed by atoms with Crippen LogP contribution in [0.2, 0.25) is 0 Å². The molecule has 136 valence electrons. The Labute approximate surface area is 151 Å². The van der Waals surface area contributed by atoms with E-state index in [1.54, 1.807) is 0 Å². The molecule has 0 unspecified atom stereocenters. The predicted molar refractivity (Wildman–Crippen MR) is 102 cm³/mol. The van der Waals surface area contributed by atoms with Crippen LogP contribution >= 0.6 is 0 Å². The van der Waals surface area contributed by atoms with E-state index in [9.17, 15) is 4.79 Å². The summed E-state index contributed by atoms with van der Waals surface area (Å²) in [7, 11) is 0. The Balaban J connectivity index is 2.18. The Morgan fingerprint density at radius 1 is 1.32 bits per heavy atom. The third kappa shape index (κ3) is 5.34. The van der Waals surface area contributed by atoms with Gasteiger partial charge in [0.15, 0.2) is 0 Å². The molecule has 0 saturated carbocycles. The van der Waals surface area contributed by atoms with Crippen molar-refractivity contribution in [3.63, 3.8) is 0 Å². The fourth-order valence-electron chi connectivity index (χ4n) is 2.88. The number of rotatable bonds is 7. The summed E-state index contributed by atoms with van der Waals surface area (Å²) in [5, 5.41) is 2.90. The van der Waals surface area contributed by atoms with Crippen LogP contribution in [0.1, 0.15) is 43.3 Å². The van der Waals surface area contributed by atoms with E-state index in [2.05, 4.69) is 60.8 Å². The van der Waals surface area contributed by atoms with Crippen LogP contribution in [0, 0.1) is 19.8 Å². The number of nitrogens with zero attached hydrogens (tertiary/aromatic N) is 3. The number of aromatic nitrogens is 2. The molecule has 5 heteroatoms. The summed E-state index contributed by atoms with van der Waals surface area (Å²) >= 11 is 0. The van der Waals surface area contributed by atoms with Gasteiger partial charge in [0, 0.05) is 32.0 Å². The maximum atomic E-state index is 12.4. The molecule has 2 rings (SSSR count). The zero-order chi connectivity index (χ0) is 18.4. The number of urea groups is 1. The normalized spacial score (nSPS) is 11.0. The molecule has 1 aromatic heterocycles. The molecule has 0 aliphatic carbocycles. The van der Waals surface area contributed by atoms with Crippen LogP contribution in [-0.4, -0.2) is 33.6 Å². The van der Waals surface area contributed by atoms with Gasteiger partial charge < -0.3 is 14.8 Å². The van der Waals surface area contributed by atoms with Crippen molar-refractivity contribution in [1.82, 2.24) is 19.8 Å². The van der Waals surface area contributed by atoms with Crippen molar-refractivity contribution in [2.24, 2.45) is 5.92 Å². The van der Waals surface area contributed by atoms with E-state index in [4.69, 9.17) is 0 Å². The number of imidazole rings is 1. The summed E-state index contributed by atoms with van der Waals surface area (Å²) in [6.07, 6.45) is 3.80. The Morgan fingerprint density at radius 2 is 2.08 bits per heavy atom. The molecule has 0 bridgehead atoms. The topological polar surface area (TPSA) is 50.2 Å². The Bertz CT molecular complexity index is 705. The van der Waals surface area contributed by atoms with Gasteiger partial charge in [0.05, 0.1) is 6.54 Å². The minimum absolute atomic E-state index is 0.0301. The molecule has 0 spiro atoms. The van der Waals surface area contributed by atoms with Crippen LogP contribution in [0.5, 0.6) is 0 Å². The first-order valence-electron chi connectivity index (χ1n) is 8.99. The first-order valence-corrected chi connectivity index (χ1v) is 8.99. The SMILES string of the molecule is CCNC(=O)N(Cc1nccn1Cc1cc(C)ccc1C)CC(C)C. The Morgan fingerprint density at radius 3 is 2.76 bits per heavy atom. The van der Waals surface area contributed by atoms with Crippen LogP contribution < -0.4 is 5.32 Å². The molecule has 0 fully saturated rings. The number of aryl methyl sites for hydroxylation is 2. The van der Waals surface area contributed by atoms with Gasteiger partial charge in [-0.15, -0.1) is 0 Å². The minimum atomic E-state index is -0.0301. The summed E-state index contributed by atoms with van der Waals surface area (Å²) in [6.45, 7) is 13.0. The van der Waals surface area contributed by atoms with Gasteiger partial charge in [-0.25, -0.2) is 9.78 Å². The number of amides is 2. The van der Waals surface area contributed by atoms with Crippen molar-refractivity contribution >= 4 is 6.03 Å². The van der Waals surface area contributed by atoms with Crippen molar-refractivity contribution in [2.45, 2.75) is 47.7 Å². The van der Waals surface area contributed by atoms with Gasteiger partial charge in [-0.3, -0.25) is 0 Å². The number of hydrogen-bond acceptors (Lipinski definition) is 2. The monoisotopic (exact) mass is 342 g/mol. The highest BCUT2D eigenvalue weighted by atomic mass is 16.2. The fraction of sp³-hybridized carbons (Fsp3) is 0.500. The second-order valence-electron chi connectivity index (χ2n) is 7.01. The molecule has 0 atom stereocenters. The van der Waals surface area contributed by atoms with E-state index in [-0.39, 0.29) is 6.03 Å². The molecule has 1 aromatic carbocycles. The molecular weight excluding hydrogens is 312 g/mol. The maximum Gasteiger partial charge on any atom is 0.317 e. The van der Waals surface area contributed by atoms with Gasteiger partial charge in [-0.2, -0.15) is 0 Å². The average molecular weight is 342 g/mol. The molecule has 2 aromatic rings. The van der Waals surface area contributed by atoms with Crippen molar-refractivity contribution in [2.75, 3.05) is 13.1 Å². The van der Waals surface area contributed by atoms with E-state index >= 15 is 0 Å². The number of carbonyl (C=O) groups is 1. The van der Waals surface area contributed by atoms with E-state index in [0.29, 0.717) is 25.6 Å². The maximum absolute atomic E-state index is 12.4. The Kier molecular flexibility index (Phi) is 6.62. The number of hydrogen-bond donors (Lipinski definition) is 1. The third-order valence-electron chi connectivity index (χ3n) is 4.18. The standard InChI is InChI=1S/C20H30N4O/c1-6-21-20(25)24(12-15(2)3)14-19-22-9-10-23(19)13-18-11-16(4)7-8-17(18)5/h7-11,15H,6,12-14H2,1-5H3,(H,21,25). The summed E-state index contributed by atoms with van der Waals surface area (Å²) in [5.41, 5.74) is 3.81. The quantitative estimate of drug-likeness (QED) is 0.833. The molecule has 5 nitrogen and oxygen atoms in total. The molecular formula is C20H30N4O. The van der Waals surface area contributed by atoms with Crippen LogP contribution in [0.3, 0.4) is 0 Å². The number of nitrogens with one attached hydrogen (secondary N) is 1. The first kappa shape index (κ1) is 19.0. The third-order valence-corrected chi connectivity index (χ3v) is 4.18. The molecule has 0 aliphatic rings. The highest BCUT2D eigenvalue weighted by molar-refractivity contribution is 5.74. The van der Waals surface area contributed by atoms with E-state index < -0.39 is 0 Å². The molecule has 0 saturated heterocycles. The van der Waals surface area contributed by atoms with Crippen molar-refractivity contribution < 1.29 is 4.79 Å². The van der Waals surface area contributed by atoms with Gasteiger partial charge in [0.1, 0.15) is 5.82 Å². The number of benzene rings is 1. The van der Waals surface area contributed by atoms with Gasteiger partial charge in [0.2, 0.25) is 0 Å². The van der Waals surface area contributed by atoms with Crippen LogP contribution in [-0.2, 0) is 13.1 Å². The van der Waals surface area contributed by atoms with Gasteiger partial charge in [-0.1, -0.05) is 37.6 Å². The molecule has 1 heterocycles. The van der Waals surface area contributed by atoms with Crippen molar-refractivity contribution in [1.29, 1.82) is 0 Å². The molecule has 25 heavy (non-hydrogen) atoms. The zero-order valence-electron chi connectivity index (χ0n) is 16.0. The van der Waals surface area contributed by atoms with Crippen molar-refractivity contribution in [3.8, 4) is 0 Å². The summed E-state index contributed by atoms with van der Waals surface area (Å²) in [4.78, 5) is 18.7. The second kappa shape index (κ2) is 8.70. The Hall–Kier alpha value is -2.30. The van der Waals surface area contributed by atoms with E-state index in [0.717, 1.165) is 12.4 Å². The van der Waals surface area contributed by atoms with Gasteiger partial charge in [0.25, 0.3) is 0 Å². The lowest BCUT2D eigenvalue weighted by atomic mass is 10.1. The summed E-state index contributed by atoms with van der Waals surface area (Å²) < 4.78 is 2.13. The fourth-order valence-corrected chi connectivity index (χ4v) is 2.88. The second-order valence-corrected chi connectivity index (χ2v) is 7.01. The lowest BCUT2D eigenvalue weighted by Crippen LogP contribution is -2.41. The molecule has 2 amide bonds. The minimum Gasteiger partial charge on any atom is -0.338 e. The highest BCUT2D eigenvalue weighted by Crippen LogP contribution is 2.14. The lowest BCUT2D eigenvalue weighted by Gasteiger charge is -2.25. The van der Waals surface area contributed by atoms with Crippen LogP contribution in [0.25, 0.3) is 0 Å². The first-order chi connectivity index (χ1) is 11.9. The zero-order valence-corrected chi connectivity index (χ0v) is 16.0. The van der Waals surface area contributed by atoms with E-state index in [1.807, 2.05) is 24.2 Å². The smallest absolute Gasteiger partial charge is 0.317 e. The van der Waals surface area contributed by atoms with Gasteiger partial charge >= 0.3 is 6.03 Å². The van der Waals surface area contributed by atoms with Crippen LogP contribution in [0.4, 0.5) is 4.79 Å². The largest absolute Gasteiger partial charge is 0.338 e. The lowest BCUT2D eigenvalue weighted by molar-refractivity contribution is 0.186. The van der Waals surface area contributed by atoms with Crippen LogP contribution in [0.15, 0.2) is 30.6 Å². The van der Waals surface area contributed by atoms with Crippen molar-refractivity contribution in [3.05, 3.63) is 53.1 Å². The predicted octanol–water partition coefficient (Wildman–Crippen LogP) is 3.74. The molecule has 0 aliphatic heterocycles. The highest BCUT2D eigenvalue weighted by Gasteiger charge is 2.17.